The van der Waals surface area contributed by atoms with Crippen LogP contribution in [0.4, 0.5) is 0 Å². The van der Waals surface area contributed by atoms with E-state index in [2.05, 4.69) is 48.5 Å². The van der Waals surface area contributed by atoms with Crippen LogP contribution in [0.3, 0.4) is 0 Å². The second-order valence-electron chi connectivity index (χ2n) is 6.02. The number of nitrogens with one attached hydrogen (secondary N) is 1. The maximum atomic E-state index is 5.52. The van der Waals surface area contributed by atoms with Gasteiger partial charge in [0.15, 0.2) is 0 Å². The molecule has 2 atom stereocenters. The summed E-state index contributed by atoms with van der Waals surface area (Å²) in [6.07, 6.45) is 4.06. The molecule has 1 saturated heterocycles. The first kappa shape index (κ1) is 16.3. The van der Waals surface area contributed by atoms with E-state index in [1.54, 1.807) is 0 Å². The second kappa shape index (κ2) is 8.40. The maximum absolute atomic E-state index is 5.52. The lowest BCUT2D eigenvalue weighted by Gasteiger charge is -2.34. The van der Waals surface area contributed by atoms with E-state index in [0.29, 0.717) is 6.04 Å². The van der Waals surface area contributed by atoms with Gasteiger partial charge in [-0.1, -0.05) is 25.5 Å². The molecule has 118 valence electrons. The standard InChI is InChI=1S/C18H30N2O/c1-4-15-7-6-12-20(13-15)14-18(19-3)16-8-10-17(11-9-16)21-5-2/h8-11,15,18-19H,4-7,12-14H2,1-3H3. The highest BCUT2D eigenvalue weighted by atomic mass is 16.5. The summed E-state index contributed by atoms with van der Waals surface area (Å²) in [7, 11) is 2.06. The smallest absolute Gasteiger partial charge is 0.119 e. The first-order valence-corrected chi connectivity index (χ1v) is 8.39. The summed E-state index contributed by atoms with van der Waals surface area (Å²) in [5, 5.41) is 3.47. The number of hydrogen-bond donors (Lipinski definition) is 1. The average molecular weight is 290 g/mol. The largest absolute Gasteiger partial charge is 0.494 e. The average Bonchev–Trinajstić information content (AvgIpc) is 2.54. The zero-order chi connectivity index (χ0) is 15.1. The number of rotatable bonds is 7. The number of hydrogen-bond acceptors (Lipinski definition) is 3. The number of benzene rings is 1. The van der Waals surface area contributed by atoms with Gasteiger partial charge in [-0.25, -0.2) is 0 Å². The molecule has 1 fully saturated rings. The van der Waals surface area contributed by atoms with Crippen LogP contribution >= 0.6 is 0 Å². The van der Waals surface area contributed by atoms with Crippen molar-refractivity contribution in [2.75, 3.05) is 33.3 Å². The number of nitrogens with zero attached hydrogens (tertiary/aromatic N) is 1. The fourth-order valence-corrected chi connectivity index (χ4v) is 3.23. The van der Waals surface area contributed by atoms with Crippen molar-refractivity contribution in [1.82, 2.24) is 10.2 Å². The van der Waals surface area contributed by atoms with Gasteiger partial charge in [0.05, 0.1) is 6.61 Å². The maximum Gasteiger partial charge on any atom is 0.119 e. The van der Waals surface area contributed by atoms with Gasteiger partial charge < -0.3 is 15.0 Å². The lowest BCUT2D eigenvalue weighted by atomic mass is 9.95. The second-order valence-corrected chi connectivity index (χ2v) is 6.02. The van der Waals surface area contributed by atoms with E-state index in [-0.39, 0.29) is 0 Å². The zero-order valence-electron chi connectivity index (χ0n) is 13.8. The molecule has 0 spiro atoms. The normalized spacial score (nSPS) is 21.2. The number of piperidine rings is 1. The Balaban J connectivity index is 1.95. The SMILES string of the molecule is CCOc1ccc(C(CN2CCCC(CC)C2)NC)cc1. The minimum absolute atomic E-state index is 0.399. The molecule has 0 aliphatic carbocycles. The van der Waals surface area contributed by atoms with Crippen LogP contribution in [0.25, 0.3) is 0 Å². The summed E-state index contributed by atoms with van der Waals surface area (Å²) >= 11 is 0. The van der Waals surface area contributed by atoms with Crippen LogP contribution in [0, 0.1) is 5.92 Å². The van der Waals surface area contributed by atoms with Gasteiger partial charge in [0.2, 0.25) is 0 Å². The first-order valence-electron chi connectivity index (χ1n) is 8.39. The fourth-order valence-electron chi connectivity index (χ4n) is 3.23. The van der Waals surface area contributed by atoms with Crippen LogP contribution in [0.15, 0.2) is 24.3 Å². The molecule has 21 heavy (non-hydrogen) atoms. The van der Waals surface area contributed by atoms with Crippen LogP contribution in [0.1, 0.15) is 44.7 Å². The van der Waals surface area contributed by atoms with E-state index >= 15 is 0 Å². The molecule has 3 heteroatoms. The molecule has 2 rings (SSSR count). The van der Waals surface area contributed by atoms with E-state index in [0.717, 1.165) is 24.8 Å². The lowest BCUT2D eigenvalue weighted by molar-refractivity contribution is 0.158. The fraction of sp³-hybridized carbons (Fsp3) is 0.667. The molecule has 2 unspecified atom stereocenters. The number of ether oxygens (including phenoxy) is 1. The van der Waals surface area contributed by atoms with Gasteiger partial charge in [-0.2, -0.15) is 0 Å². The van der Waals surface area contributed by atoms with Crippen molar-refractivity contribution < 1.29 is 4.74 Å². The van der Waals surface area contributed by atoms with Crippen molar-refractivity contribution in [3.8, 4) is 5.75 Å². The number of likely N-dealkylation sites (tertiary alicyclic amines) is 1. The Kier molecular flexibility index (Phi) is 6.52. The van der Waals surface area contributed by atoms with E-state index in [1.165, 1.54) is 37.9 Å². The summed E-state index contributed by atoms with van der Waals surface area (Å²) in [5.41, 5.74) is 1.35. The monoisotopic (exact) mass is 290 g/mol. The van der Waals surface area contributed by atoms with Gasteiger partial charge in [-0.05, 0) is 57.0 Å². The molecule has 1 N–H and O–H groups in total. The topological polar surface area (TPSA) is 24.5 Å². The van der Waals surface area contributed by atoms with E-state index in [4.69, 9.17) is 4.74 Å². The van der Waals surface area contributed by atoms with Crippen molar-refractivity contribution in [3.63, 3.8) is 0 Å². The van der Waals surface area contributed by atoms with Gasteiger partial charge in [-0.15, -0.1) is 0 Å². The quantitative estimate of drug-likeness (QED) is 0.832. The third-order valence-electron chi connectivity index (χ3n) is 4.56. The van der Waals surface area contributed by atoms with Crippen LogP contribution in [-0.2, 0) is 0 Å². The highest BCUT2D eigenvalue weighted by Gasteiger charge is 2.21. The lowest BCUT2D eigenvalue weighted by Crippen LogP contribution is -2.40. The van der Waals surface area contributed by atoms with Gasteiger partial charge in [0.1, 0.15) is 5.75 Å². The Bertz CT molecular complexity index is 404. The molecule has 1 heterocycles. The van der Waals surface area contributed by atoms with Crippen LogP contribution in [-0.4, -0.2) is 38.2 Å². The molecule has 0 bridgehead atoms. The van der Waals surface area contributed by atoms with Gasteiger partial charge in [-0.3, -0.25) is 0 Å². The predicted molar refractivity (Wildman–Crippen MR) is 88.9 cm³/mol. The highest BCUT2D eigenvalue weighted by Crippen LogP contribution is 2.23. The molecule has 0 aromatic heterocycles. The van der Waals surface area contributed by atoms with Crippen LogP contribution in [0.2, 0.25) is 0 Å². The third-order valence-corrected chi connectivity index (χ3v) is 4.56. The summed E-state index contributed by atoms with van der Waals surface area (Å²) in [5.74, 6) is 1.84. The Morgan fingerprint density at radius 2 is 2.05 bits per heavy atom. The molecule has 3 nitrogen and oxygen atoms in total. The van der Waals surface area contributed by atoms with E-state index in [9.17, 15) is 0 Å². The third kappa shape index (κ3) is 4.72. The predicted octanol–water partition coefficient (Wildman–Crippen LogP) is 3.47. The molecule has 1 aliphatic rings. The minimum Gasteiger partial charge on any atom is -0.494 e. The molecule has 0 amide bonds. The summed E-state index contributed by atoms with van der Waals surface area (Å²) in [6.45, 7) is 8.65. The van der Waals surface area contributed by atoms with Crippen molar-refractivity contribution in [3.05, 3.63) is 29.8 Å². The van der Waals surface area contributed by atoms with Gasteiger partial charge >= 0.3 is 0 Å². The molecule has 1 aromatic rings. The Morgan fingerprint density at radius 3 is 2.67 bits per heavy atom. The Labute approximate surface area is 129 Å². The van der Waals surface area contributed by atoms with Gasteiger partial charge in [0, 0.05) is 19.1 Å². The summed E-state index contributed by atoms with van der Waals surface area (Å²) < 4.78 is 5.52. The summed E-state index contributed by atoms with van der Waals surface area (Å²) in [6, 6.07) is 8.93. The summed E-state index contributed by atoms with van der Waals surface area (Å²) in [4.78, 5) is 2.62. The Morgan fingerprint density at radius 1 is 1.29 bits per heavy atom. The Hall–Kier alpha value is -1.06. The molecule has 0 saturated carbocycles. The molecular formula is C18H30N2O. The first-order chi connectivity index (χ1) is 10.3. The van der Waals surface area contributed by atoms with Crippen LogP contribution < -0.4 is 10.1 Å². The van der Waals surface area contributed by atoms with E-state index in [1.807, 2.05) is 6.92 Å². The minimum atomic E-state index is 0.399. The van der Waals surface area contributed by atoms with Crippen LogP contribution in [0.5, 0.6) is 5.75 Å². The molecular weight excluding hydrogens is 260 g/mol. The van der Waals surface area contributed by atoms with Crippen molar-refractivity contribution >= 4 is 0 Å². The molecule has 0 radical (unpaired) electrons. The van der Waals surface area contributed by atoms with Crippen molar-refractivity contribution in [2.24, 2.45) is 5.92 Å². The number of likely N-dealkylation sites (N-methyl/N-ethyl adjacent to an activating group) is 1. The van der Waals surface area contributed by atoms with E-state index < -0.39 is 0 Å². The molecule has 1 aromatic carbocycles. The van der Waals surface area contributed by atoms with Crippen molar-refractivity contribution in [2.45, 2.75) is 39.2 Å². The van der Waals surface area contributed by atoms with Crippen molar-refractivity contribution in [1.29, 1.82) is 0 Å². The zero-order valence-corrected chi connectivity index (χ0v) is 13.8. The van der Waals surface area contributed by atoms with Gasteiger partial charge in [0.25, 0.3) is 0 Å². The highest BCUT2D eigenvalue weighted by molar-refractivity contribution is 5.29. The molecule has 1 aliphatic heterocycles.